The fraction of sp³-hybridized carbons (Fsp3) is 0.385. The number of aryl methyl sites for hydroxylation is 3. The summed E-state index contributed by atoms with van der Waals surface area (Å²) in [4.78, 5) is 9.64. The Labute approximate surface area is 215 Å². The van der Waals surface area contributed by atoms with E-state index in [4.69, 9.17) is 4.74 Å². The highest BCUT2D eigenvalue weighted by Gasteiger charge is 2.50. The topological polar surface area (TPSA) is 85.5 Å². The molecule has 2 aliphatic rings. The van der Waals surface area contributed by atoms with Gasteiger partial charge in [0.25, 0.3) is 6.43 Å². The third-order valence-corrected chi connectivity index (χ3v) is 8.51. The summed E-state index contributed by atoms with van der Waals surface area (Å²) in [6.45, 7) is 6.81. The van der Waals surface area contributed by atoms with Gasteiger partial charge in [0.05, 0.1) is 6.54 Å². The molecular weight excluding hydrogens is 498 g/mol. The van der Waals surface area contributed by atoms with E-state index in [0.29, 0.717) is 35.9 Å². The average molecular weight is 525 g/mol. The highest BCUT2D eigenvalue weighted by atomic mass is 32.2. The quantitative estimate of drug-likeness (QED) is 0.384. The van der Waals surface area contributed by atoms with Gasteiger partial charge in [-0.2, -0.15) is 0 Å². The Bertz CT molecular complexity index is 1550. The van der Waals surface area contributed by atoms with E-state index < -0.39 is 17.4 Å². The summed E-state index contributed by atoms with van der Waals surface area (Å²) in [7, 11) is -1.42. The minimum atomic E-state index is -2.70. The minimum absolute atomic E-state index is 0.339. The zero-order chi connectivity index (χ0) is 25.9. The van der Waals surface area contributed by atoms with Crippen molar-refractivity contribution in [3.63, 3.8) is 0 Å². The number of pyridine rings is 3. The Morgan fingerprint density at radius 1 is 1.11 bits per heavy atom. The third-order valence-electron chi connectivity index (χ3n) is 7.11. The molecule has 1 unspecified atom stereocenters. The Hall–Kier alpha value is -3.31. The van der Waals surface area contributed by atoms with E-state index in [9.17, 15) is 13.0 Å². The molecule has 6 rings (SSSR count). The second kappa shape index (κ2) is 8.91. The standard InChI is InChI=1S/C26H26F2N6O2S/c1-15-8-21-25(30-11-15)36-26(5-6-26)14-33(37(21)35)13-19-10-20(29-12-16(19)2)9-18-4-7-34-23(17(18)3)31-32-24(34)22(27)28/h4,7-8,10-12,22H,5-6,9,13-14H2,1-3H3. The lowest BCUT2D eigenvalue weighted by molar-refractivity contribution is 0.139. The zero-order valence-electron chi connectivity index (χ0n) is 20.7. The number of aromatic nitrogens is 5. The molecule has 1 atom stereocenters. The third kappa shape index (κ3) is 4.40. The zero-order valence-corrected chi connectivity index (χ0v) is 21.6. The molecule has 0 amide bonds. The van der Waals surface area contributed by atoms with E-state index in [1.54, 1.807) is 12.4 Å². The second-order valence-electron chi connectivity index (χ2n) is 9.95. The van der Waals surface area contributed by atoms with Crippen LogP contribution < -0.4 is 4.74 Å². The summed E-state index contributed by atoms with van der Waals surface area (Å²) >= 11 is 0. The Morgan fingerprint density at radius 3 is 2.68 bits per heavy atom. The first-order valence-corrected chi connectivity index (χ1v) is 13.2. The van der Waals surface area contributed by atoms with Gasteiger partial charge in [-0.05, 0) is 79.6 Å². The van der Waals surface area contributed by atoms with Crippen molar-refractivity contribution in [1.29, 1.82) is 0 Å². The van der Waals surface area contributed by atoms with Crippen LogP contribution in [0.15, 0.2) is 41.7 Å². The molecule has 8 nitrogen and oxygen atoms in total. The van der Waals surface area contributed by atoms with Gasteiger partial charge in [0, 0.05) is 37.3 Å². The molecule has 0 N–H and O–H groups in total. The van der Waals surface area contributed by atoms with Crippen molar-refractivity contribution >= 4 is 16.6 Å². The molecule has 0 aromatic carbocycles. The molecular formula is C26H26F2N6O2S. The van der Waals surface area contributed by atoms with E-state index in [1.165, 1.54) is 4.40 Å². The van der Waals surface area contributed by atoms with Gasteiger partial charge < -0.3 is 4.74 Å². The maximum absolute atomic E-state index is 13.6. The summed E-state index contributed by atoms with van der Waals surface area (Å²) in [5.41, 5.74) is 5.59. The highest BCUT2D eigenvalue weighted by molar-refractivity contribution is 7.82. The lowest BCUT2D eigenvalue weighted by Gasteiger charge is -2.23. The van der Waals surface area contributed by atoms with E-state index in [-0.39, 0.29) is 11.4 Å². The van der Waals surface area contributed by atoms with Gasteiger partial charge >= 0.3 is 0 Å². The number of rotatable bonds is 5. The summed E-state index contributed by atoms with van der Waals surface area (Å²) in [6.07, 6.45) is 4.79. The maximum atomic E-state index is 13.6. The first-order chi connectivity index (χ1) is 17.7. The first kappa shape index (κ1) is 24.1. The average Bonchev–Trinajstić information content (AvgIpc) is 3.49. The van der Waals surface area contributed by atoms with Crippen molar-refractivity contribution in [2.75, 3.05) is 6.54 Å². The van der Waals surface area contributed by atoms with Crippen molar-refractivity contribution in [3.05, 3.63) is 76.1 Å². The van der Waals surface area contributed by atoms with Crippen LogP contribution in [0.2, 0.25) is 0 Å². The van der Waals surface area contributed by atoms with Crippen LogP contribution in [-0.4, -0.2) is 45.2 Å². The number of hydrogen-bond acceptors (Lipinski definition) is 6. The largest absolute Gasteiger partial charge is 0.469 e. The first-order valence-electron chi connectivity index (χ1n) is 12.1. The monoisotopic (exact) mass is 524 g/mol. The van der Waals surface area contributed by atoms with Crippen molar-refractivity contribution in [1.82, 2.24) is 28.9 Å². The molecule has 1 spiro atoms. The SMILES string of the molecule is Cc1cnc2c(c1)S(=O)N(Cc1cc(Cc3ccn4c(C(F)F)nnc4c3C)ncc1C)CC1(CC1)O2. The van der Waals surface area contributed by atoms with Crippen molar-refractivity contribution in [2.45, 2.75) is 63.5 Å². The van der Waals surface area contributed by atoms with Crippen LogP contribution in [0.3, 0.4) is 0 Å². The van der Waals surface area contributed by atoms with Gasteiger partial charge in [0.2, 0.25) is 11.7 Å². The van der Waals surface area contributed by atoms with Crippen LogP contribution in [0.25, 0.3) is 5.65 Å². The smallest absolute Gasteiger partial charge is 0.297 e. The molecule has 4 aromatic heterocycles. The lowest BCUT2D eigenvalue weighted by Crippen LogP contribution is -2.35. The van der Waals surface area contributed by atoms with Crippen molar-refractivity contribution in [3.8, 4) is 5.88 Å². The van der Waals surface area contributed by atoms with Crippen LogP contribution in [0.1, 0.15) is 58.6 Å². The number of halogens is 2. The van der Waals surface area contributed by atoms with Gasteiger partial charge in [0.1, 0.15) is 21.5 Å². The van der Waals surface area contributed by atoms with Crippen molar-refractivity contribution in [2.24, 2.45) is 0 Å². The summed E-state index contributed by atoms with van der Waals surface area (Å²) in [6, 6.07) is 5.73. The lowest BCUT2D eigenvalue weighted by atomic mass is 10.0. The van der Waals surface area contributed by atoms with Crippen LogP contribution in [0.4, 0.5) is 8.78 Å². The number of nitrogens with zero attached hydrogens (tertiary/aromatic N) is 6. The van der Waals surface area contributed by atoms with Crippen LogP contribution >= 0.6 is 0 Å². The molecule has 0 radical (unpaired) electrons. The summed E-state index contributed by atoms with van der Waals surface area (Å²) in [5, 5.41) is 7.61. The number of hydrogen-bond donors (Lipinski definition) is 0. The molecule has 5 heterocycles. The van der Waals surface area contributed by atoms with Gasteiger partial charge in [0.15, 0.2) is 5.65 Å². The second-order valence-corrected chi connectivity index (χ2v) is 11.4. The van der Waals surface area contributed by atoms with Crippen LogP contribution in [0.5, 0.6) is 5.88 Å². The van der Waals surface area contributed by atoms with Crippen molar-refractivity contribution < 1.29 is 17.7 Å². The Morgan fingerprint density at radius 2 is 1.92 bits per heavy atom. The Balaban J connectivity index is 1.29. The van der Waals surface area contributed by atoms with E-state index in [1.807, 2.05) is 49.5 Å². The molecule has 0 bridgehead atoms. The van der Waals surface area contributed by atoms with E-state index in [2.05, 4.69) is 20.2 Å². The molecule has 1 aliphatic carbocycles. The summed E-state index contributed by atoms with van der Waals surface area (Å²) in [5.74, 6) is 0.0978. The fourth-order valence-electron chi connectivity index (χ4n) is 4.75. The summed E-state index contributed by atoms with van der Waals surface area (Å²) < 4.78 is 49.6. The number of ether oxygens (including phenoxy) is 1. The molecule has 4 aromatic rings. The number of fused-ring (bicyclic) bond motifs is 2. The van der Waals surface area contributed by atoms with Gasteiger partial charge in [-0.15, -0.1) is 10.2 Å². The van der Waals surface area contributed by atoms with Gasteiger partial charge in [-0.25, -0.2) is 22.3 Å². The Kier molecular flexibility index (Phi) is 5.79. The molecule has 1 fully saturated rings. The molecule has 37 heavy (non-hydrogen) atoms. The highest BCUT2D eigenvalue weighted by Crippen LogP contribution is 2.45. The fourth-order valence-corrected chi connectivity index (χ4v) is 6.17. The molecule has 1 saturated carbocycles. The van der Waals surface area contributed by atoms with Gasteiger partial charge in [-0.3, -0.25) is 9.38 Å². The van der Waals surface area contributed by atoms with E-state index in [0.717, 1.165) is 46.4 Å². The normalized spacial score (nSPS) is 18.7. The predicted octanol–water partition coefficient (Wildman–Crippen LogP) is 4.42. The minimum Gasteiger partial charge on any atom is -0.469 e. The van der Waals surface area contributed by atoms with Crippen LogP contribution in [-0.2, 0) is 24.0 Å². The molecule has 11 heteroatoms. The van der Waals surface area contributed by atoms with Gasteiger partial charge in [-0.1, -0.05) is 0 Å². The number of alkyl halides is 2. The predicted molar refractivity (Wildman–Crippen MR) is 133 cm³/mol. The molecule has 0 saturated heterocycles. The molecule has 192 valence electrons. The van der Waals surface area contributed by atoms with Crippen LogP contribution in [0, 0.1) is 20.8 Å². The maximum Gasteiger partial charge on any atom is 0.297 e. The molecule has 1 aliphatic heterocycles. The van der Waals surface area contributed by atoms with E-state index >= 15 is 0 Å².